The van der Waals surface area contributed by atoms with Gasteiger partial charge >= 0.3 is 0 Å². The molecule has 0 aliphatic carbocycles. The van der Waals surface area contributed by atoms with Gasteiger partial charge in [0.25, 0.3) is 0 Å². The fourth-order valence-corrected chi connectivity index (χ4v) is 4.17. The molecule has 0 spiro atoms. The van der Waals surface area contributed by atoms with Gasteiger partial charge in [0.1, 0.15) is 0 Å². The number of sulfonamides is 1. The van der Waals surface area contributed by atoms with E-state index in [1.165, 1.54) is 0 Å². The molecule has 2 heterocycles. The zero-order valence-corrected chi connectivity index (χ0v) is 12.1. The zero-order chi connectivity index (χ0) is 13.7. The average molecular weight is 286 g/mol. The Kier molecular flexibility index (Phi) is 4.95. The predicted octanol–water partition coefficient (Wildman–Crippen LogP) is 0.191. The van der Waals surface area contributed by atoms with E-state index in [1.807, 2.05) is 17.7 Å². The van der Waals surface area contributed by atoms with Crippen LogP contribution >= 0.6 is 0 Å². The van der Waals surface area contributed by atoms with Crippen molar-refractivity contribution in [1.82, 2.24) is 19.6 Å². The largest absolute Gasteiger partial charge is 0.336 e. The minimum Gasteiger partial charge on any atom is -0.336 e. The third-order valence-electron chi connectivity index (χ3n) is 3.28. The van der Waals surface area contributed by atoms with E-state index >= 15 is 0 Å². The van der Waals surface area contributed by atoms with Crippen molar-refractivity contribution < 1.29 is 8.42 Å². The van der Waals surface area contributed by atoms with Gasteiger partial charge in [0.05, 0.1) is 12.1 Å². The summed E-state index contributed by atoms with van der Waals surface area (Å²) in [6, 6.07) is -0.129. The van der Waals surface area contributed by atoms with Crippen LogP contribution in [0.15, 0.2) is 18.7 Å². The first kappa shape index (κ1) is 14.5. The van der Waals surface area contributed by atoms with Gasteiger partial charge in [-0.15, -0.1) is 0 Å². The average Bonchev–Trinajstić information content (AvgIpc) is 2.81. The van der Waals surface area contributed by atoms with Crippen molar-refractivity contribution in [1.29, 1.82) is 0 Å². The van der Waals surface area contributed by atoms with Gasteiger partial charge in [-0.25, -0.2) is 18.1 Å². The van der Waals surface area contributed by atoms with Crippen LogP contribution in [0.3, 0.4) is 0 Å². The zero-order valence-electron chi connectivity index (χ0n) is 11.2. The second kappa shape index (κ2) is 6.49. The van der Waals surface area contributed by atoms with Crippen LogP contribution in [0.2, 0.25) is 0 Å². The Morgan fingerprint density at radius 1 is 1.58 bits per heavy atom. The highest BCUT2D eigenvalue weighted by Crippen LogP contribution is 2.12. The first-order chi connectivity index (χ1) is 9.05. The van der Waals surface area contributed by atoms with Gasteiger partial charge in [-0.1, -0.05) is 0 Å². The molecule has 1 aromatic rings. The first-order valence-corrected chi connectivity index (χ1v) is 8.37. The number of aromatic nitrogens is 2. The van der Waals surface area contributed by atoms with Crippen molar-refractivity contribution in [2.24, 2.45) is 5.92 Å². The molecule has 2 rings (SSSR count). The smallest absolute Gasteiger partial charge is 0.212 e. The lowest BCUT2D eigenvalue weighted by atomic mass is 10.0. The molecule has 1 aliphatic heterocycles. The summed E-state index contributed by atoms with van der Waals surface area (Å²) >= 11 is 0. The minimum atomic E-state index is -3.21. The van der Waals surface area contributed by atoms with Crippen LogP contribution in [0, 0.1) is 5.92 Å². The van der Waals surface area contributed by atoms with Crippen LogP contribution in [0.1, 0.15) is 19.8 Å². The quantitative estimate of drug-likeness (QED) is 0.783. The third kappa shape index (κ3) is 4.93. The molecule has 1 saturated heterocycles. The van der Waals surface area contributed by atoms with Crippen molar-refractivity contribution in [3.8, 4) is 0 Å². The summed E-state index contributed by atoms with van der Waals surface area (Å²) in [6.45, 7) is 4.27. The molecule has 0 aromatic carbocycles. The molecular weight excluding hydrogens is 264 g/mol. The Morgan fingerprint density at radius 3 is 3.05 bits per heavy atom. The molecule has 0 saturated carbocycles. The molecule has 0 amide bonds. The summed E-state index contributed by atoms with van der Waals surface area (Å²) in [5.41, 5.74) is 0. The maximum atomic E-state index is 12.1. The lowest BCUT2D eigenvalue weighted by Crippen LogP contribution is -2.41. The fraction of sp³-hybridized carbons (Fsp3) is 0.750. The molecule has 1 aliphatic rings. The van der Waals surface area contributed by atoms with Crippen LogP contribution in [0.25, 0.3) is 0 Å². The van der Waals surface area contributed by atoms with E-state index < -0.39 is 10.0 Å². The van der Waals surface area contributed by atoms with E-state index in [0.717, 1.165) is 25.9 Å². The van der Waals surface area contributed by atoms with E-state index in [9.17, 15) is 8.42 Å². The maximum absolute atomic E-state index is 12.1. The van der Waals surface area contributed by atoms with Gasteiger partial charge in [-0.05, 0) is 38.8 Å². The normalized spacial score (nSPS) is 22.3. The molecule has 0 bridgehead atoms. The van der Waals surface area contributed by atoms with E-state index in [4.69, 9.17) is 0 Å². The second-order valence-electron chi connectivity index (χ2n) is 5.27. The number of nitrogens with one attached hydrogen (secondary N) is 2. The van der Waals surface area contributed by atoms with Gasteiger partial charge in [0.2, 0.25) is 10.0 Å². The molecule has 19 heavy (non-hydrogen) atoms. The lowest BCUT2D eigenvalue weighted by molar-refractivity contribution is 0.401. The van der Waals surface area contributed by atoms with E-state index in [1.54, 1.807) is 12.5 Å². The SMILES string of the molecule is CC(Cn1ccnc1)NS(=O)(=O)CC1CCCNC1. The van der Waals surface area contributed by atoms with Gasteiger partial charge in [-0.3, -0.25) is 0 Å². The topological polar surface area (TPSA) is 76.0 Å². The summed E-state index contributed by atoms with van der Waals surface area (Å²) in [7, 11) is -3.21. The van der Waals surface area contributed by atoms with Crippen molar-refractivity contribution >= 4 is 10.0 Å². The van der Waals surface area contributed by atoms with E-state index in [2.05, 4.69) is 15.0 Å². The fourth-order valence-electron chi connectivity index (χ4n) is 2.48. The van der Waals surface area contributed by atoms with Crippen molar-refractivity contribution in [2.75, 3.05) is 18.8 Å². The Balaban J connectivity index is 1.82. The lowest BCUT2D eigenvalue weighted by Gasteiger charge is -2.23. The molecule has 0 radical (unpaired) electrons. The Hall–Kier alpha value is -0.920. The predicted molar refractivity (Wildman–Crippen MR) is 74.2 cm³/mol. The number of piperidine rings is 1. The van der Waals surface area contributed by atoms with Gasteiger partial charge in [-0.2, -0.15) is 0 Å². The molecule has 2 atom stereocenters. The highest BCUT2D eigenvalue weighted by atomic mass is 32.2. The highest BCUT2D eigenvalue weighted by molar-refractivity contribution is 7.89. The maximum Gasteiger partial charge on any atom is 0.212 e. The molecule has 1 aromatic heterocycles. The summed E-state index contributed by atoms with van der Waals surface area (Å²) < 4.78 is 28.8. The Morgan fingerprint density at radius 2 is 2.42 bits per heavy atom. The van der Waals surface area contributed by atoms with Crippen molar-refractivity contribution in [2.45, 2.75) is 32.4 Å². The summed E-state index contributed by atoms with van der Waals surface area (Å²) in [6.07, 6.45) is 7.26. The van der Waals surface area contributed by atoms with Crippen LogP contribution in [0.5, 0.6) is 0 Å². The number of nitrogens with zero attached hydrogens (tertiary/aromatic N) is 2. The highest BCUT2D eigenvalue weighted by Gasteiger charge is 2.22. The number of imidazole rings is 1. The van der Waals surface area contributed by atoms with E-state index in [0.29, 0.717) is 6.54 Å². The number of hydrogen-bond donors (Lipinski definition) is 2. The van der Waals surface area contributed by atoms with Crippen LogP contribution in [0.4, 0.5) is 0 Å². The molecule has 108 valence electrons. The summed E-state index contributed by atoms with van der Waals surface area (Å²) in [5.74, 6) is 0.445. The van der Waals surface area contributed by atoms with Crippen molar-refractivity contribution in [3.05, 3.63) is 18.7 Å². The number of rotatable bonds is 6. The monoisotopic (exact) mass is 286 g/mol. The summed E-state index contributed by atoms with van der Waals surface area (Å²) in [4.78, 5) is 3.94. The van der Waals surface area contributed by atoms with Crippen molar-refractivity contribution in [3.63, 3.8) is 0 Å². The van der Waals surface area contributed by atoms with Gasteiger partial charge in [0.15, 0.2) is 0 Å². The molecular formula is C12H22N4O2S. The molecule has 1 fully saturated rings. The standard InChI is InChI=1S/C12H22N4O2S/c1-11(8-16-6-5-14-10-16)15-19(17,18)9-12-3-2-4-13-7-12/h5-6,10-13,15H,2-4,7-9H2,1H3. The third-order valence-corrected chi connectivity index (χ3v) is 4.95. The molecule has 7 heteroatoms. The molecule has 6 nitrogen and oxygen atoms in total. The molecule has 2 unspecified atom stereocenters. The van der Waals surface area contributed by atoms with Crippen LogP contribution in [-0.2, 0) is 16.6 Å². The summed E-state index contributed by atoms with van der Waals surface area (Å²) in [5, 5.41) is 3.24. The van der Waals surface area contributed by atoms with Gasteiger partial charge in [0, 0.05) is 25.0 Å². The first-order valence-electron chi connectivity index (χ1n) is 6.71. The van der Waals surface area contributed by atoms with E-state index in [-0.39, 0.29) is 17.7 Å². The Labute approximate surface area is 114 Å². The second-order valence-corrected chi connectivity index (χ2v) is 7.07. The Bertz CT molecular complexity index is 466. The van der Waals surface area contributed by atoms with Gasteiger partial charge < -0.3 is 9.88 Å². The minimum absolute atomic E-state index is 0.129. The van der Waals surface area contributed by atoms with Crippen LogP contribution in [-0.4, -0.2) is 42.9 Å². The molecule has 2 N–H and O–H groups in total. The number of hydrogen-bond acceptors (Lipinski definition) is 4. The van der Waals surface area contributed by atoms with Crippen LogP contribution < -0.4 is 10.0 Å².